The molecule has 1 saturated carbocycles. The van der Waals surface area contributed by atoms with Crippen LogP contribution in [0.5, 0.6) is 0 Å². The molecule has 3 rings (SSSR count). The standard InChI is InChI=1S/C16H17F2NO2/c1-16(17,18)12-4-5-13-11(8-12)6-7-19(15(13)21)14(9-20)10-2-3-10/h4-8,10,14,20H,2-3,9H2,1H3. The number of hydrogen-bond donors (Lipinski definition) is 1. The summed E-state index contributed by atoms with van der Waals surface area (Å²) in [6.45, 7) is 0.755. The minimum atomic E-state index is -2.93. The fourth-order valence-corrected chi connectivity index (χ4v) is 2.74. The summed E-state index contributed by atoms with van der Waals surface area (Å²) in [5, 5.41) is 10.4. The molecular weight excluding hydrogens is 276 g/mol. The molecule has 0 radical (unpaired) electrons. The lowest BCUT2D eigenvalue weighted by Gasteiger charge is -2.18. The van der Waals surface area contributed by atoms with Crippen LogP contribution in [0.1, 0.15) is 31.4 Å². The van der Waals surface area contributed by atoms with Crippen LogP contribution in [0.15, 0.2) is 35.3 Å². The number of pyridine rings is 1. The Kier molecular flexibility index (Phi) is 3.32. The molecule has 112 valence electrons. The molecule has 1 heterocycles. The van der Waals surface area contributed by atoms with Crippen molar-refractivity contribution in [1.29, 1.82) is 0 Å². The molecule has 1 aliphatic rings. The molecule has 3 nitrogen and oxygen atoms in total. The minimum Gasteiger partial charge on any atom is -0.394 e. The van der Waals surface area contributed by atoms with Crippen molar-refractivity contribution in [2.45, 2.75) is 31.7 Å². The van der Waals surface area contributed by atoms with Gasteiger partial charge in [0.2, 0.25) is 0 Å². The van der Waals surface area contributed by atoms with Crippen molar-refractivity contribution >= 4 is 10.8 Å². The first-order valence-corrected chi connectivity index (χ1v) is 7.06. The monoisotopic (exact) mass is 293 g/mol. The maximum absolute atomic E-state index is 13.3. The van der Waals surface area contributed by atoms with Gasteiger partial charge in [-0.3, -0.25) is 4.79 Å². The van der Waals surface area contributed by atoms with Crippen LogP contribution in [0.3, 0.4) is 0 Å². The van der Waals surface area contributed by atoms with Gasteiger partial charge in [-0.25, -0.2) is 8.78 Å². The molecule has 5 heteroatoms. The van der Waals surface area contributed by atoms with Gasteiger partial charge in [-0.2, -0.15) is 0 Å². The first-order chi connectivity index (χ1) is 9.91. The molecule has 1 aliphatic carbocycles. The van der Waals surface area contributed by atoms with E-state index in [9.17, 15) is 18.7 Å². The third-order valence-corrected chi connectivity index (χ3v) is 4.15. The van der Waals surface area contributed by atoms with Gasteiger partial charge < -0.3 is 9.67 Å². The second-order valence-electron chi connectivity index (χ2n) is 5.81. The maximum atomic E-state index is 13.3. The van der Waals surface area contributed by atoms with Gasteiger partial charge in [0.05, 0.1) is 12.6 Å². The molecule has 1 aromatic carbocycles. The van der Waals surface area contributed by atoms with Gasteiger partial charge in [0.25, 0.3) is 11.5 Å². The summed E-state index contributed by atoms with van der Waals surface area (Å²) in [6, 6.07) is 5.54. The summed E-state index contributed by atoms with van der Waals surface area (Å²) in [5.41, 5.74) is -0.336. The van der Waals surface area contributed by atoms with E-state index in [-0.39, 0.29) is 23.8 Å². The number of aliphatic hydroxyl groups is 1. The number of hydrogen-bond acceptors (Lipinski definition) is 2. The Morgan fingerprint density at radius 1 is 1.38 bits per heavy atom. The summed E-state index contributed by atoms with van der Waals surface area (Å²) in [5.74, 6) is -2.59. The van der Waals surface area contributed by atoms with Gasteiger partial charge in [0, 0.05) is 24.1 Å². The molecular formula is C16H17F2NO2. The number of halogens is 2. The number of aliphatic hydroxyl groups excluding tert-OH is 1. The van der Waals surface area contributed by atoms with Crippen molar-refractivity contribution < 1.29 is 13.9 Å². The summed E-state index contributed by atoms with van der Waals surface area (Å²) >= 11 is 0. The molecule has 0 bridgehead atoms. The van der Waals surface area contributed by atoms with E-state index in [1.54, 1.807) is 12.3 Å². The summed E-state index contributed by atoms with van der Waals surface area (Å²) < 4.78 is 28.2. The van der Waals surface area contributed by atoms with Crippen LogP contribution in [-0.2, 0) is 5.92 Å². The lowest BCUT2D eigenvalue weighted by Crippen LogP contribution is -2.27. The third kappa shape index (κ3) is 2.58. The van der Waals surface area contributed by atoms with Crippen LogP contribution < -0.4 is 5.56 Å². The van der Waals surface area contributed by atoms with Crippen molar-refractivity contribution in [3.05, 3.63) is 46.4 Å². The average molecular weight is 293 g/mol. The van der Waals surface area contributed by atoms with Crippen molar-refractivity contribution in [2.75, 3.05) is 6.61 Å². The predicted octanol–water partition coefficient (Wildman–Crippen LogP) is 3.06. The van der Waals surface area contributed by atoms with Gasteiger partial charge in [-0.1, -0.05) is 6.07 Å². The predicted molar refractivity (Wildman–Crippen MR) is 76.6 cm³/mol. The van der Waals surface area contributed by atoms with E-state index in [0.717, 1.165) is 19.8 Å². The number of benzene rings is 1. The first-order valence-electron chi connectivity index (χ1n) is 7.06. The fraction of sp³-hybridized carbons (Fsp3) is 0.438. The highest BCUT2D eigenvalue weighted by atomic mass is 19.3. The van der Waals surface area contributed by atoms with Crippen LogP contribution in [0.2, 0.25) is 0 Å². The highest BCUT2D eigenvalue weighted by molar-refractivity contribution is 5.82. The minimum absolute atomic E-state index is 0.0821. The maximum Gasteiger partial charge on any atom is 0.270 e. The second-order valence-corrected chi connectivity index (χ2v) is 5.81. The quantitative estimate of drug-likeness (QED) is 0.941. The molecule has 0 amide bonds. The smallest absolute Gasteiger partial charge is 0.270 e. The Hall–Kier alpha value is -1.75. The number of rotatable bonds is 4. The van der Waals surface area contributed by atoms with E-state index in [4.69, 9.17) is 0 Å². The average Bonchev–Trinajstić information content (AvgIpc) is 3.25. The topological polar surface area (TPSA) is 42.2 Å². The van der Waals surface area contributed by atoms with Gasteiger partial charge in [0.1, 0.15) is 0 Å². The van der Waals surface area contributed by atoms with Crippen LogP contribution in [0, 0.1) is 5.92 Å². The van der Waals surface area contributed by atoms with E-state index in [1.807, 2.05) is 0 Å². The number of nitrogens with zero attached hydrogens (tertiary/aromatic N) is 1. The second kappa shape index (κ2) is 4.91. The number of alkyl halides is 2. The third-order valence-electron chi connectivity index (χ3n) is 4.15. The molecule has 0 spiro atoms. The SMILES string of the molecule is CC(F)(F)c1ccc2c(=O)n(C(CO)C3CC3)ccc2c1. The number of aromatic nitrogens is 1. The Balaban J connectivity index is 2.11. The van der Waals surface area contributed by atoms with E-state index < -0.39 is 5.92 Å². The van der Waals surface area contributed by atoms with Gasteiger partial charge in [-0.05, 0) is 42.3 Å². The molecule has 1 atom stereocenters. The molecule has 0 saturated heterocycles. The van der Waals surface area contributed by atoms with Gasteiger partial charge >= 0.3 is 0 Å². The Morgan fingerprint density at radius 2 is 2.10 bits per heavy atom. The molecule has 1 N–H and O–H groups in total. The van der Waals surface area contributed by atoms with Crippen molar-refractivity contribution in [3.63, 3.8) is 0 Å². The lowest BCUT2D eigenvalue weighted by molar-refractivity contribution is 0.0176. The molecule has 2 aromatic rings. The summed E-state index contributed by atoms with van der Waals surface area (Å²) in [7, 11) is 0. The number of fused-ring (bicyclic) bond motifs is 1. The van der Waals surface area contributed by atoms with Crippen molar-refractivity contribution in [1.82, 2.24) is 4.57 Å². The Labute approximate surface area is 120 Å². The van der Waals surface area contributed by atoms with Crippen molar-refractivity contribution in [2.24, 2.45) is 5.92 Å². The fourth-order valence-electron chi connectivity index (χ4n) is 2.74. The largest absolute Gasteiger partial charge is 0.394 e. The van der Waals surface area contributed by atoms with E-state index in [0.29, 0.717) is 16.7 Å². The Morgan fingerprint density at radius 3 is 2.67 bits per heavy atom. The van der Waals surface area contributed by atoms with Crippen LogP contribution in [0.4, 0.5) is 8.78 Å². The van der Waals surface area contributed by atoms with E-state index in [2.05, 4.69) is 0 Å². The first kappa shape index (κ1) is 14.2. The van der Waals surface area contributed by atoms with Crippen molar-refractivity contribution in [3.8, 4) is 0 Å². The van der Waals surface area contributed by atoms with Crippen LogP contribution in [0.25, 0.3) is 10.8 Å². The normalized spacial score (nSPS) is 17.1. The zero-order chi connectivity index (χ0) is 15.2. The lowest BCUT2D eigenvalue weighted by atomic mass is 10.0. The van der Waals surface area contributed by atoms with Gasteiger partial charge in [0.15, 0.2) is 0 Å². The zero-order valence-electron chi connectivity index (χ0n) is 11.7. The molecule has 21 heavy (non-hydrogen) atoms. The molecule has 1 unspecified atom stereocenters. The molecule has 1 fully saturated rings. The van der Waals surface area contributed by atoms with Crippen LogP contribution in [-0.4, -0.2) is 16.3 Å². The molecule has 0 aliphatic heterocycles. The summed E-state index contributed by atoms with van der Waals surface area (Å²) in [4.78, 5) is 12.5. The Bertz CT molecular complexity index is 729. The van der Waals surface area contributed by atoms with Crippen LogP contribution >= 0.6 is 0 Å². The van der Waals surface area contributed by atoms with E-state index >= 15 is 0 Å². The highest BCUT2D eigenvalue weighted by Gasteiger charge is 2.32. The zero-order valence-corrected chi connectivity index (χ0v) is 11.7. The van der Waals surface area contributed by atoms with E-state index in [1.165, 1.54) is 22.8 Å². The highest BCUT2D eigenvalue weighted by Crippen LogP contribution is 2.39. The molecule has 1 aromatic heterocycles. The summed E-state index contributed by atoms with van der Waals surface area (Å²) in [6.07, 6.45) is 3.62. The van der Waals surface area contributed by atoms with Gasteiger partial charge in [-0.15, -0.1) is 0 Å².